The molecule has 1 saturated heterocycles. The molecule has 0 bridgehead atoms. The van der Waals surface area contributed by atoms with Gasteiger partial charge in [-0.25, -0.2) is 9.48 Å². The van der Waals surface area contributed by atoms with E-state index in [0.717, 1.165) is 16.9 Å². The number of hydrogen-bond donors (Lipinski definition) is 1. The van der Waals surface area contributed by atoms with Gasteiger partial charge in [0.1, 0.15) is 5.69 Å². The van der Waals surface area contributed by atoms with Gasteiger partial charge in [0, 0.05) is 24.3 Å². The summed E-state index contributed by atoms with van der Waals surface area (Å²) >= 11 is 0. The number of amides is 2. The Morgan fingerprint density at radius 2 is 1.85 bits per heavy atom. The summed E-state index contributed by atoms with van der Waals surface area (Å²) in [4.78, 5) is 14.1. The lowest BCUT2D eigenvalue weighted by Gasteiger charge is -2.38. The smallest absolute Gasteiger partial charge is 0.320 e. The number of aryl methyl sites for hydroxylation is 2. The number of likely N-dealkylation sites (tertiary alicyclic amines) is 1. The summed E-state index contributed by atoms with van der Waals surface area (Å²) in [5.41, 5.74) is 5.10. The molecule has 2 heterocycles. The fourth-order valence-electron chi connectivity index (χ4n) is 3.01. The molecular weight excluding hydrogens is 326 g/mol. The number of aromatic nitrogens is 3. The van der Waals surface area contributed by atoms with E-state index in [-0.39, 0.29) is 12.1 Å². The molecular formula is C20H21N5O. The molecule has 0 unspecified atom stereocenters. The van der Waals surface area contributed by atoms with Crippen LogP contribution in [-0.4, -0.2) is 39.0 Å². The molecule has 3 aromatic rings. The summed E-state index contributed by atoms with van der Waals surface area (Å²) < 4.78 is 1.85. The maximum atomic E-state index is 12.4. The first-order chi connectivity index (χ1) is 12.6. The zero-order valence-corrected chi connectivity index (χ0v) is 14.9. The molecule has 6 heteroatoms. The van der Waals surface area contributed by atoms with Crippen LogP contribution in [0.4, 0.5) is 10.5 Å². The van der Waals surface area contributed by atoms with E-state index in [4.69, 9.17) is 0 Å². The van der Waals surface area contributed by atoms with Crippen molar-refractivity contribution in [3.8, 4) is 11.3 Å². The normalized spacial score (nSPS) is 14.2. The van der Waals surface area contributed by atoms with Crippen molar-refractivity contribution in [3.63, 3.8) is 0 Å². The molecule has 1 aromatic heterocycles. The highest BCUT2D eigenvalue weighted by Gasteiger charge is 2.33. The van der Waals surface area contributed by atoms with Gasteiger partial charge in [-0.05, 0) is 37.1 Å². The van der Waals surface area contributed by atoms with E-state index in [1.807, 2.05) is 66.3 Å². The molecule has 2 amide bonds. The Kier molecular flexibility index (Phi) is 4.16. The van der Waals surface area contributed by atoms with Crippen LogP contribution >= 0.6 is 0 Å². The average Bonchev–Trinajstić information content (AvgIpc) is 3.07. The van der Waals surface area contributed by atoms with E-state index in [0.29, 0.717) is 13.1 Å². The van der Waals surface area contributed by atoms with Crippen LogP contribution in [0.25, 0.3) is 11.3 Å². The van der Waals surface area contributed by atoms with E-state index in [2.05, 4.69) is 22.6 Å². The number of nitrogens with zero attached hydrogens (tertiary/aromatic N) is 4. The number of carbonyl (C=O) groups is 1. The summed E-state index contributed by atoms with van der Waals surface area (Å²) in [5.74, 6) is 0. The van der Waals surface area contributed by atoms with E-state index in [1.54, 1.807) is 4.90 Å². The molecule has 0 aliphatic carbocycles. The van der Waals surface area contributed by atoms with Gasteiger partial charge in [0.2, 0.25) is 0 Å². The van der Waals surface area contributed by atoms with Crippen molar-refractivity contribution in [1.29, 1.82) is 0 Å². The summed E-state index contributed by atoms with van der Waals surface area (Å²) in [6.07, 6.45) is 1.94. The highest BCUT2D eigenvalue weighted by atomic mass is 16.2. The van der Waals surface area contributed by atoms with E-state index < -0.39 is 0 Å². The second-order valence-corrected chi connectivity index (χ2v) is 6.74. The van der Waals surface area contributed by atoms with Gasteiger partial charge in [0.05, 0.1) is 12.2 Å². The minimum Gasteiger partial charge on any atom is -0.320 e. The Balaban J connectivity index is 1.36. The first-order valence-corrected chi connectivity index (χ1v) is 8.70. The third kappa shape index (κ3) is 3.18. The van der Waals surface area contributed by atoms with E-state index in [9.17, 15) is 4.79 Å². The van der Waals surface area contributed by atoms with Crippen LogP contribution in [0.3, 0.4) is 0 Å². The van der Waals surface area contributed by atoms with Crippen molar-refractivity contribution in [2.75, 3.05) is 18.4 Å². The van der Waals surface area contributed by atoms with E-state index >= 15 is 0 Å². The van der Waals surface area contributed by atoms with Crippen LogP contribution < -0.4 is 5.32 Å². The number of hydrogen-bond acceptors (Lipinski definition) is 3. The van der Waals surface area contributed by atoms with Gasteiger partial charge in [-0.3, -0.25) is 0 Å². The number of nitrogens with one attached hydrogen (secondary N) is 1. The molecule has 1 fully saturated rings. The molecule has 26 heavy (non-hydrogen) atoms. The predicted molar refractivity (Wildman–Crippen MR) is 101 cm³/mol. The van der Waals surface area contributed by atoms with Gasteiger partial charge in [-0.1, -0.05) is 41.6 Å². The lowest BCUT2D eigenvalue weighted by molar-refractivity contribution is 0.127. The lowest BCUT2D eigenvalue weighted by atomic mass is 10.1. The summed E-state index contributed by atoms with van der Waals surface area (Å²) in [6.45, 7) is 5.37. The monoisotopic (exact) mass is 347 g/mol. The van der Waals surface area contributed by atoms with Crippen molar-refractivity contribution in [1.82, 2.24) is 19.9 Å². The largest absolute Gasteiger partial charge is 0.321 e. The number of benzene rings is 2. The minimum atomic E-state index is -0.0760. The first-order valence-electron chi connectivity index (χ1n) is 8.70. The minimum absolute atomic E-state index is 0.0760. The fourth-order valence-corrected chi connectivity index (χ4v) is 3.01. The van der Waals surface area contributed by atoms with Crippen LogP contribution in [0.1, 0.15) is 17.2 Å². The molecule has 6 nitrogen and oxygen atoms in total. The molecule has 0 saturated carbocycles. The number of rotatable bonds is 3. The molecule has 0 spiro atoms. The van der Waals surface area contributed by atoms with Gasteiger partial charge in [-0.2, -0.15) is 0 Å². The predicted octanol–water partition coefficient (Wildman–Crippen LogP) is 3.65. The van der Waals surface area contributed by atoms with Gasteiger partial charge in [0.25, 0.3) is 0 Å². The van der Waals surface area contributed by atoms with E-state index in [1.165, 1.54) is 11.1 Å². The van der Waals surface area contributed by atoms with Gasteiger partial charge in [0.15, 0.2) is 0 Å². The topological polar surface area (TPSA) is 63.1 Å². The molecule has 2 aromatic carbocycles. The average molecular weight is 347 g/mol. The third-order valence-electron chi connectivity index (χ3n) is 4.86. The highest BCUT2D eigenvalue weighted by Crippen LogP contribution is 2.24. The molecule has 4 rings (SSSR count). The Labute approximate surface area is 152 Å². The standard InChI is InChI=1S/C20H21N5O/c1-14-8-9-17(10-15(14)2)21-20(26)24-11-18(12-24)25-13-19(22-23-25)16-6-4-3-5-7-16/h3-10,13,18H,11-12H2,1-2H3,(H,21,26). The molecule has 0 radical (unpaired) electrons. The first kappa shape index (κ1) is 16.3. The van der Waals surface area contributed by atoms with Crippen LogP contribution in [0.2, 0.25) is 0 Å². The summed E-state index contributed by atoms with van der Waals surface area (Å²) in [7, 11) is 0. The van der Waals surface area contributed by atoms with Gasteiger partial charge >= 0.3 is 6.03 Å². The Morgan fingerprint density at radius 1 is 1.08 bits per heavy atom. The van der Waals surface area contributed by atoms with Crippen molar-refractivity contribution >= 4 is 11.7 Å². The van der Waals surface area contributed by atoms with Crippen molar-refractivity contribution in [2.24, 2.45) is 0 Å². The Hall–Kier alpha value is -3.15. The zero-order chi connectivity index (χ0) is 18.1. The van der Waals surface area contributed by atoms with Crippen LogP contribution in [0.15, 0.2) is 54.7 Å². The number of anilines is 1. The second-order valence-electron chi connectivity index (χ2n) is 6.74. The maximum Gasteiger partial charge on any atom is 0.321 e. The third-order valence-corrected chi connectivity index (χ3v) is 4.86. The van der Waals surface area contributed by atoms with Crippen LogP contribution in [-0.2, 0) is 0 Å². The van der Waals surface area contributed by atoms with Crippen molar-refractivity contribution < 1.29 is 4.79 Å². The fraction of sp³-hybridized carbons (Fsp3) is 0.250. The number of carbonyl (C=O) groups excluding carboxylic acids is 1. The van der Waals surface area contributed by atoms with Gasteiger partial charge < -0.3 is 10.2 Å². The summed E-state index contributed by atoms with van der Waals surface area (Å²) in [6, 6.07) is 16.0. The Bertz CT molecular complexity index is 928. The summed E-state index contributed by atoms with van der Waals surface area (Å²) in [5, 5.41) is 11.4. The Morgan fingerprint density at radius 3 is 2.58 bits per heavy atom. The van der Waals surface area contributed by atoms with Gasteiger partial charge in [-0.15, -0.1) is 5.10 Å². The molecule has 1 aliphatic heterocycles. The van der Waals surface area contributed by atoms with Crippen LogP contribution in [0, 0.1) is 13.8 Å². The van der Waals surface area contributed by atoms with Crippen LogP contribution in [0.5, 0.6) is 0 Å². The zero-order valence-electron chi connectivity index (χ0n) is 14.9. The second kappa shape index (κ2) is 6.63. The number of urea groups is 1. The highest BCUT2D eigenvalue weighted by molar-refractivity contribution is 5.90. The molecule has 1 aliphatic rings. The molecule has 0 atom stereocenters. The SMILES string of the molecule is Cc1ccc(NC(=O)N2CC(n3cc(-c4ccccc4)nn3)C2)cc1C. The quantitative estimate of drug-likeness (QED) is 0.786. The lowest BCUT2D eigenvalue weighted by Crippen LogP contribution is -2.52. The van der Waals surface area contributed by atoms with Crippen molar-refractivity contribution in [2.45, 2.75) is 19.9 Å². The van der Waals surface area contributed by atoms with Crippen molar-refractivity contribution in [3.05, 3.63) is 65.9 Å². The molecule has 1 N–H and O–H groups in total. The molecule has 132 valence electrons. The maximum absolute atomic E-state index is 12.4.